The molecule has 0 aromatic rings. The smallest absolute Gasteiger partial charge is 0.119 e. The van der Waals surface area contributed by atoms with Gasteiger partial charge in [-0.1, -0.05) is 57.9 Å². The lowest BCUT2D eigenvalue weighted by Gasteiger charge is -2.26. The first-order valence-corrected chi connectivity index (χ1v) is 8.38. The number of hydrogen-bond acceptors (Lipinski definition) is 3. The van der Waals surface area contributed by atoms with Gasteiger partial charge < -0.3 is 16.0 Å². The van der Waals surface area contributed by atoms with Crippen LogP contribution in [0.4, 0.5) is 0 Å². The van der Waals surface area contributed by atoms with Crippen LogP contribution in [-0.2, 0) is 0 Å². The zero-order valence-electron chi connectivity index (χ0n) is 13.4. The van der Waals surface area contributed by atoms with E-state index >= 15 is 0 Å². The van der Waals surface area contributed by atoms with E-state index in [2.05, 4.69) is 29.3 Å². The largest absolute Gasteiger partial charge is 0.367 e. The number of nitrogens with two attached hydrogens (primary N) is 1. The molecule has 2 atom stereocenters. The van der Waals surface area contributed by atoms with Gasteiger partial charge in [0.1, 0.15) is 6.17 Å². The van der Waals surface area contributed by atoms with Crippen LogP contribution in [0, 0.1) is 0 Å². The van der Waals surface area contributed by atoms with Gasteiger partial charge in [-0.05, 0) is 25.8 Å². The summed E-state index contributed by atoms with van der Waals surface area (Å²) in [6, 6.07) is 0. The van der Waals surface area contributed by atoms with E-state index in [-0.39, 0.29) is 12.3 Å². The molecule has 0 bridgehead atoms. The Bertz CT molecular complexity index is 284. The second-order valence-electron chi connectivity index (χ2n) is 5.81. The molecule has 3 heteroatoms. The highest BCUT2D eigenvalue weighted by Crippen LogP contribution is 2.11. The number of rotatable bonds is 11. The summed E-state index contributed by atoms with van der Waals surface area (Å²) in [5.41, 5.74) is 5.91. The third kappa shape index (κ3) is 6.99. The Labute approximate surface area is 125 Å². The van der Waals surface area contributed by atoms with E-state index in [9.17, 15) is 0 Å². The standard InChI is InChI=1S/C17H33N3/c1-3-4-5-6-7-8-9-10-11-12-13-17-19-14-15-20(17)16(2)18/h12-17,19H,3-11,18H2,1-2H3/b13-12+. The molecule has 0 fully saturated rings. The lowest BCUT2D eigenvalue weighted by atomic mass is 10.1. The summed E-state index contributed by atoms with van der Waals surface area (Å²) in [6.45, 7) is 4.28. The topological polar surface area (TPSA) is 41.3 Å². The summed E-state index contributed by atoms with van der Waals surface area (Å²) in [4.78, 5) is 2.13. The van der Waals surface area contributed by atoms with Crippen LogP contribution in [0.3, 0.4) is 0 Å². The zero-order chi connectivity index (χ0) is 14.6. The van der Waals surface area contributed by atoms with Crippen LogP contribution >= 0.6 is 0 Å². The maximum Gasteiger partial charge on any atom is 0.119 e. The van der Waals surface area contributed by atoms with Gasteiger partial charge in [0, 0.05) is 12.4 Å². The van der Waals surface area contributed by atoms with Crippen LogP contribution in [0.2, 0.25) is 0 Å². The molecule has 0 aliphatic carbocycles. The van der Waals surface area contributed by atoms with Gasteiger partial charge in [-0.3, -0.25) is 0 Å². The average Bonchev–Trinajstić information content (AvgIpc) is 2.89. The monoisotopic (exact) mass is 279 g/mol. The minimum absolute atomic E-state index is 0.0546. The van der Waals surface area contributed by atoms with Crippen LogP contribution in [0.15, 0.2) is 24.6 Å². The molecule has 0 amide bonds. The maximum atomic E-state index is 5.91. The molecule has 0 saturated carbocycles. The minimum Gasteiger partial charge on any atom is -0.367 e. The SMILES string of the molecule is CCCCCCCCCC/C=C/C1NC=CN1C(C)N. The summed E-state index contributed by atoms with van der Waals surface area (Å²) >= 11 is 0. The molecule has 0 aromatic carbocycles. The quantitative estimate of drug-likeness (QED) is 0.442. The second kappa shape index (κ2) is 10.8. The van der Waals surface area contributed by atoms with E-state index < -0.39 is 0 Å². The van der Waals surface area contributed by atoms with Crippen molar-refractivity contribution in [1.29, 1.82) is 0 Å². The van der Waals surface area contributed by atoms with Crippen molar-refractivity contribution in [2.45, 2.75) is 84.0 Å². The predicted octanol–water partition coefficient (Wildman–Crippen LogP) is 4.08. The van der Waals surface area contributed by atoms with Gasteiger partial charge in [0.2, 0.25) is 0 Å². The first-order valence-electron chi connectivity index (χ1n) is 8.38. The Hall–Kier alpha value is -0.960. The van der Waals surface area contributed by atoms with Crippen molar-refractivity contribution in [3.8, 4) is 0 Å². The van der Waals surface area contributed by atoms with Gasteiger partial charge in [0.25, 0.3) is 0 Å². The lowest BCUT2D eigenvalue weighted by Crippen LogP contribution is -2.43. The van der Waals surface area contributed by atoms with Gasteiger partial charge in [0.05, 0.1) is 6.17 Å². The van der Waals surface area contributed by atoms with E-state index in [4.69, 9.17) is 5.73 Å². The van der Waals surface area contributed by atoms with Crippen molar-refractivity contribution in [3.05, 3.63) is 24.6 Å². The van der Waals surface area contributed by atoms with Crippen LogP contribution < -0.4 is 11.1 Å². The predicted molar refractivity (Wildman–Crippen MR) is 87.9 cm³/mol. The highest BCUT2D eigenvalue weighted by molar-refractivity contribution is 5.05. The van der Waals surface area contributed by atoms with E-state index in [0.717, 1.165) is 0 Å². The Balaban J connectivity index is 1.97. The van der Waals surface area contributed by atoms with Gasteiger partial charge in [-0.25, -0.2) is 0 Å². The van der Waals surface area contributed by atoms with E-state index in [1.54, 1.807) is 0 Å². The molecule has 1 heterocycles. The molecule has 20 heavy (non-hydrogen) atoms. The van der Waals surface area contributed by atoms with E-state index in [0.29, 0.717) is 0 Å². The molecule has 3 nitrogen and oxygen atoms in total. The molecule has 1 rings (SSSR count). The number of unbranched alkanes of at least 4 members (excludes halogenated alkanes) is 8. The fourth-order valence-electron chi connectivity index (χ4n) is 2.57. The fourth-order valence-corrected chi connectivity index (χ4v) is 2.57. The van der Waals surface area contributed by atoms with Crippen molar-refractivity contribution in [2.24, 2.45) is 5.73 Å². The van der Waals surface area contributed by atoms with Crippen molar-refractivity contribution in [3.63, 3.8) is 0 Å². The van der Waals surface area contributed by atoms with Gasteiger partial charge in [-0.2, -0.15) is 0 Å². The Morgan fingerprint density at radius 1 is 1.15 bits per heavy atom. The summed E-state index contributed by atoms with van der Waals surface area (Å²) in [7, 11) is 0. The number of nitrogens with one attached hydrogen (secondary N) is 1. The number of nitrogens with zero attached hydrogens (tertiary/aromatic N) is 1. The molecule has 2 unspecified atom stereocenters. The normalized spacial score (nSPS) is 19.8. The first kappa shape index (κ1) is 17.1. The summed E-state index contributed by atoms with van der Waals surface area (Å²) in [6.07, 6.45) is 21.0. The molecule has 0 spiro atoms. The third-order valence-electron chi connectivity index (χ3n) is 3.85. The maximum absolute atomic E-state index is 5.91. The van der Waals surface area contributed by atoms with Gasteiger partial charge in [-0.15, -0.1) is 0 Å². The summed E-state index contributed by atoms with van der Waals surface area (Å²) in [5.74, 6) is 0. The highest BCUT2D eigenvalue weighted by atomic mass is 15.3. The fraction of sp³-hybridized carbons (Fsp3) is 0.765. The Morgan fingerprint density at radius 2 is 1.80 bits per heavy atom. The Morgan fingerprint density at radius 3 is 2.45 bits per heavy atom. The summed E-state index contributed by atoms with van der Waals surface area (Å²) in [5, 5.41) is 3.30. The van der Waals surface area contributed by atoms with Crippen molar-refractivity contribution < 1.29 is 0 Å². The summed E-state index contributed by atoms with van der Waals surface area (Å²) < 4.78 is 0. The zero-order valence-corrected chi connectivity index (χ0v) is 13.4. The van der Waals surface area contributed by atoms with E-state index in [1.807, 2.05) is 19.3 Å². The molecule has 0 aromatic heterocycles. The molecule has 3 N–H and O–H groups in total. The third-order valence-corrected chi connectivity index (χ3v) is 3.85. The molecule has 1 aliphatic rings. The van der Waals surface area contributed by atoms with Crippen molar-refractivity contribution in [2.75, 3.05) is 0 Å². The molecule has 1 aliphatic heterocycles. The molecular formula is C17H33N3. The van der Waals surface area contributed by atoms with Crippen molar-refractivity contribution >= 4 is 0 Å². The molecule has 0 saturated heterocycles. The van der Waals surface area contributed by atoms with Crippen molar-refractivity contribution in [1.82, 2.24) is 10.2 Å². The Kier molecular flexibility index (Phi) is 9.22. The average molecular weight is 279 g/mol. The molecular weight excluding hydrogens is 246 g/mol. The molecule has 0 radical (unpaired) electrons. The second-order valence-corrected chi connectivity index (χ2v) is 5.81. The van der Waals surface area contributed by atoms with Crippen LogP contribution in [0.25, 0.3) is 0 Å². The number of hydrogen-bond donors (Lipinski definition) is 2. The van der Waals surface area contributed by atoms with E-state index in [1.165, 1.54) is 57.8 Å². The highest BCUT2D eigenvalue weighted by Gasteiger charge is 2.17. The van der Waals surface area contributed by atoms with Gasteiger partial charge >= 0.3 is 0 Å². The first-order chi connectivity index (χ1) is 9.75. The van der Waals surface area contributed by atoms with Crippen LogP contribution in [0.5, 0.6) is 0 Å². The lowest BCUT2D eigenvalue weighted by molar-refractivity contribution is 0.259. The van der Waals surface area contributed by atoms with Crippen LogP contribution in [-0.4, -0.2) is 17.2 Å². The number of allylic oxidation sites excluding steroid dienone is 1. The van der Waals surface area contributed by atoms with Gasteiger partial charge in [0.15, 0.2) is 0 Å². The van der Waals surface area contributed by atoms with Crippen LogP contribution in [0.1, 0.15) is 71.6 Å². The minimum atomic E-state index is 0.0546. The molecule has 116 valence electrons.